The summed E-state index contributed by atoms with van der Waals surface area (Å²) in [6.45, 7) is 3.63. The van der Waals surface area contributed by atoms with E-state index in [1.165, 1.54) is 36.4 Å². The van der Waals surface area contributed by atoms with Gasteiger partial charge in [0.25, 0.3) is 0 Å². The van der Waals surface area contributed by atoms with Gasteiger partial charge in [0.05, 0.1) is 11.1 Å². The van der Waals surface area contributed by atoms with Gasteiger partial charge in [0, 0.05) is 12.0 Å². The second kappa shape index (κ2) is 6.16. The molecule has 3 rings (SSSR count). The summed E-state index contributed by atoms with van der Waals surface area (Å²) in [5, 5.41) is 9.90. The van der Waals surface area contributed by atoms with E-state index in [1.807, 2.05) is 13.8 Å². The number of halogens is 2. The fraction of sp³-hybridized carbons (Fsp3) is 0.294. The van der Waals surface area contributed by atoms with Crippen molar-refractivity contribution >= 4 is 21.6 Å². The molecule has 2 aromatic carbocycles. The van der Waals surface area contributed by atoms with Crippen molar-refractivity contribution in [2.75, 3.05) is 0 Å². The highest BCUT2D eigenvalue weighted by Gasteiger charge is 2.37. The maximum absolute atomic E-state index is 13.6. The molecule has 2 N–H and O–H groups in total. The molecule has 1 aliphatic heterocycles. The van der Waals surface area contributed by atoms with E-state index < -0.39 is 33.2 Å². The van der Waals surface area contributed by atoms with E-state index in [-0.39, 0.29) is 9.92 Å². The molecule has 8 heteroatoms. The number of ether oxygens (including phenoxy) is 1. The van der Waals surface area contributed by atoms with Crippen LogP contribution in [-0.2, 0) is 10.0 Å². The van der Waals surface area contributed by atoms with E-state index in [4.69, 9.17) is 16.3 Å². The van der Waals surface area contributed by atoms with Crippen LogP contribution in [0.2, 0.25) is 5.02 Å². The molecule has 0 amide bonds. The van der Waals surface area contributed by atoms with Gasteiger partial charge in [0.2, 0.25) is 10.0 Å². The number of para-hydroxylation sites is 1. The fourth-order valence-electron chi connectivity index (χ4n) is 2.89. The minimum atomic E-state index is -4.08. The van der Waals surface area contributed by atoms with Gasteiger partial charge in [-0.2, -0.15) is 0 Å². The van der Waals surface area contributed by atoms with E-state index in [9.17, 15) is 17.9 Å². The van der Waals surface area contributed by atoms with Crippen molar-refractivity contribution in [1.29, 1.82) is 0 Å². The number of phenolic OH excluding ortho intramolecular Hbond substituents is 1. The van der Waals surface area contributed by atoms with Crippen LogP contribution in [0.5, 0.6) is 11.5 Å². The Kier molecular flexibility index (Phi) is 4.43. The molecule has 0 spiro atoms. The molecule has 0 fully saturated rings. The molecule has 1 atom stereocenters. The van der Waals surface area contributed by atoms with Crippen molar-refractivity contribution in [2.24, 2.45) is 0 Å². The molecule has 5 nitrogen and oxygen atoms in total. The maximum Gasteiger partial charge on any atom is 0.244 e. The number of benzene rings is 2. The zero-order valence-corrected chi connectivity index (χ0v) is 15.2. The number of hydrogen-bond donors (Lipinski definition) is 2. The lowest BCUT2D eigenvalue weighted by molar-refractivity contribution is 0.0699. The molecular formula is C17H17ClFNO4S. The Hall–Kier alpha value is -1.83. The SMILES string of the molecule is CC1(C)CC(NS(=O)(=O)c2cccc(Cl)c2O)c2cc(F)ccc2O1. The van der Waals surface area contributed by atoms with Gasteiger partial charge < -0.3 is 9.84 Å². The van der Waals surface area contributed by atoms with Crippen LogP contribution in [0, 0.1) is 5.82 Å². The van der Waals surface area contributed by atoms with Crippen molar-refractivity contribution in [3.05, 3.63) is 52.8 Å². The quantitative estimate of drug-likeness (QED) is 0.843. The molecular weight excluding hydrogens is 369 g/mol. The first-order chi connectivity index (χ1) is 11.6. The van der Waals surface area contributed by atoms with E-state index in [0.29, 0.717) is 17.7 Å². The first kappa shape index (κ1) is 18.0. The molecule has 134 valence electrons. The third kappa shape index (κ3) is 3.58. The highest BCUT2D eigenvalue weighted by atomic mass is 35.5. The molecule has 0 radical (unpaired) electrons. The lowest BCUT2D eigenvalue weighted by Gasteiger charge is -2.37. The van der Waals surface area contributed by atoms with E-state index in [0.717, 1.165) is 0 Å². The third-order valence-electron chi connectivity index (χ3n) is 3.97. The Labute approximate surface area is 150 Å². The summed E-state index contributed by atoms with van der Waals surface area (Å²) in [6.07, 6.45) is 0.296. The van der Waals surface area contributed by atoms with Crippen molar-refractivity contribution in [1.82, 2.24) is 4.72 Å². The second-order valence-electron chi connectivity index (χ2n) is 6.51. The summed E-state index contributed by atoms with van der Waals surface area (Å²) >= 11 is 5.80. The van der Waals surface area contributed by atoms with Gasteiger partial charge in [-0.25, -0.2) is 17.5 Å². The largest absolute Gasteiger partial charge is 0.505 e. The zero-order chi connectivity index (χ0) is 18.4. The minimum Gasteiger partial charge on any atom is -0.505 e. The Morgan fingerprint density at radius 1 is 1.32 bits per heavy atom. The minimum absolute atomic E-state index is 0.0679. The van der Waals surface area contributed by atoms with Gasteiger partial charge in [-0.3, -0.25) is 0 Å². The monoisotopic (exact) mass is 385 g/mol. The number of sulfonamides is 1. The van der Waals surface area contributed by atoms with Gasteiger partial charge in [-0.05, 0) is 44.2 Å². The number of aromatic hydroxyl groups is 1. The Bertz CT molecular complexity index is 930. The van der Waals surface area contributed by atoms with Crippen LogP contribution in [0.4, 0.5) is 4.39 Å². The standard InChI is InChI=1S/C17H17ClFNO4S/c1-17(2)9-13(11-8-10(19)6-7-14(11)24-17)20-25(22,23)15-5-3-4-12(18)16(15)21/h3-8,13,20-21H,9H2,1-2H3. The smallest absolute Gasteiger partial charge is 0.244 e. The molecule has 1 heterocycles. The average Bonchev–Trinajstić information content (AvgIpc) is 2.49. The fourth-order valence-corrected chi connectivity index (χ4v) is 4.46. The van der Waals surface area contributed by atoms with Crippen molar-refractivity contribution < 1.29 is 22.7 Å². The summed E-state index contributed by atoms with van der Waals surface area (Å²) in [5.41, 5.74) is -0.238. The number of phenols is 1. The summed E-state index contributed by atoms with van der Waals surface area (Å²) in [4.78, 5) is -0.331. The first-order valence-electron chi connectivity index (χ1n) is 7.57. The molecule has 1 aliphatic rings. The van der Waals surface area contributed by atoms with Crippen LogP contribution in [-0.4, -0.2) is 19.1 Å². The van der Waals surface area contributed by atoms with E-state index in [1.54, 1.807) is 0 Å². The summed E-state index contributed by atoms with van der Waals surface area (Å²) in [6, 6.07) is 7.34. The van der Waals surface area contributed by atoms with Crippen LogP contribution >= 0.6 is 11.6 Å². The molecule has 0 aliphatic carbocycles. The van der Waals surface area contributed by atoms with Gasteiger partial charge in [-0.1, -0.05) is 17.7 Å². The summed E-state index contributed by atoms with van der Waals surface area (Å²) < 4.78 is 47.4. The van der Waals surface area contributed by atoms with Crippen molar-refractivity contribution in [3.63, 3.8) is 0 Å². The maximum atomic E-state index is 13.6. The van der Waals surface area contributed by atoms with Crippen molar-refractivity contribution in [2.45, 2.75) is 36.8 Å². The lowest BCUT2D eigenvalue weighted by Crippen LogP contribution is -2.41. The van der Waals surface area contributed by atoms with Crippen LogP contribution in [0.25, 0.3) is 0 Å². The number of rotatable bonds is 3. The van der Waals surface area contributed by atoms with Crippen LogP contribution < -0.4 is 9.46 Å². The molecule has 2 aromatic rings. The Balaban J connectivity index is 2.02. The topological polar surface area (TPSA) is 75.6 Å². The molecule has 0 bridgehead atoms. The Morgan fingerprint density at radius 3 is 2.76 bits per heavy atom. The van der Waals surface area contributed by atoms with E-state index >= 15 is 0 Å². The number of fused-ring (bicyclic) bond motifs is 1. The first-order valence-corrected chi connectivity index (χ1v) is 9.43. The van der Waals surface area contributed by atoms with Crippen LogP contribution in [0.15, 0.2) is 41.3 Å². The summed E-state index contributed by atoms with van der Waals surface area (Å²) in [5.74, 6) is -0.597. The highest BCUT2D eigenvalue weighted by Crippen LogP contribution is 2.41. The Morgan fingerprint density at radius 2 is 2.04 bits per heavy atom. The van der Waals surface area contributed by atoms with Crippen LogP contribution in [0.1, 0.15) is 31.9 Å². The molecule has 0 saturated heterocycles. The molecule has 0 aromatic heterocycles. The average molecular weight is 386 g/mol. The lowest BCUT2D eigenvalue weighted by atomic mass is 9.90. The van der Waals surface area contributed by atoms with Gasteiger partial charge in [0.15, 0.2) is 5.75 Å². The van der Waals surface area contributed by atoms with Crippen molar-refractivity contribution in [3.8, 4) is 11.5 Å². The molecule has 0 saturated carbocycles. The number of hydrogen-bond acceptors (Lipinski definition) is 4. The van der Waals surface area contributed by atoms with Gasteiger partial charge >= 0.3 is 0 Å². The number of nitrogens with one attached hydrogen (secondary N) is 1. The van der Waals surface area contributed by atoms with Crippen LogP contribution in [0.3, 0.4) is 0 Å². The highest BCUT2D eigenvalue weighted by molar-refractivity contribution is 7.89. The van der Waals surface area contributed by atoms with Gasteiger partial charge in [0.1, 0.15) is 22.1 Å². The predicted molar refractivity (Wildman–Crippen MR) is 91.9 cm³/mol. The third-order valence-corrected chi connectivity index (χ3v) is 5.77. The predicted octanol–water partition coefficient (Wildman–Crippen LogP) is 3.77. The molecule has 1 unspecified atom stereocenters. The van der Waals surface area contributed by atoms with Gasteiger partial charge in [-0.15, -0.1) is 0 Å². The molecule has 25 heavy (non-hydrogen) atoms. The second-order valence-corrected chi connectivity index (χ2v) is 8.60. The van der Waals surface area contributed by atoms with E-state index in [2.05, 4.69) is 4.72 Å². The zero-order valence-electron chi connectivity index (χ0n) is 13.6. The summed E-state index contributed by atoms with van der Waals surface area (Å²) in [7, 11) is -4.08. The normalized spacial score (nSPS) is 19.1.